The summed E-state index contributed by atoms with van der Waals surface area (Å²) in [4.78, 5) is 33.0. The Morgan fingerprint density at radius 2 is 1.83 bits per heavy atom. The summed E-state index contributed by atoms with van der Waals surface area (Å²) in [5.41, 5.74) is 0.968. The minimum Gasteiger partial charge on any atom is -0.491 e. The number of carbonyl (C=O) groups is 2. The first kappa shape index (κ1) is 30.2. The molecule has 41 heavy (non-hydrogen) atoms. The molecule has 0 spiro atoms. The van der Waals surface area contributed by atoms with Crippen LogP contribution in [0.1, 0.15) is 33.5 Å². The van der Waals surface area contributed by atoms with Crippen molar-refractivity contribution in [3.8, 4) is 17.0 Å². The van der Waals surface area contributed by atoms with Crippen molar-refractivity contribution in [1.29, 1.82) is 0 Å². The highest BCUT2D eigenvalue weighted by atomic mass is 35.5. The number of nitrogens with zero attached hydrogens (tertiary/aromatic N) is 2. The van der Waals surface area contributed by atoms with Crippen molar-refractivity contribution >= 4 is 45.0 Å². The van der Waals surface area contributed by atoms with Gasteiger partial charge in [0.1, 0.15) is 22.8 Å². The SMILES string of the molecule is CCOc1c(CC(N)=O)cc([C@@](O)(CNC(=O)c2cc(Cl)c3nc(C)sc3c2)C(F)(F)F)nc1-c1ccc(F)cc1. The van der Waals surface area contributed by atoms with Crippen molar-refractivity contribution in [2.45, 2.75) is 32.0 Å². The van der Waals surface area contributed by atoms with Gasteiger partial charge in [-0.25, -0.2) is 14.4 Å². The number of benzene rings is 2. The molecule has 2 heterocycles. The number of aliphatic hydroxyl groups is 1. The largest absolute Gasteiger partial charge is 0.491 e. The van der Waals surface area contributed by atoms with Crippen LogP contribution in [-0.2, 0) is 16.8 Å². The standard InChI is InChI=1S/C27H23ClF4N4O4S/c1-3-40-24-15(11-21(33)37)10-20(36-22(24)14-4-6-17(29)7-5-14)26(39,27(30,31)32)12-34-25(38)16-8-18(28)23-19(9-16)41-13(2)35-23/h4-10,39H,3,11-12H2,1-2H3,(H2,33,37)(H,34,38)/t26-/m0/s1. The van der Waals surface area contributed by atoms with Gasteiger partial charge in [-0.1, -0.05) is 11.6 Å². The smallest absolute Gasteiger partial charge is 0.424 e. The average Bonchev–Trinajstić information content (AvgIpc) is 3.28. The van der Waals surface area contributed by atoms with Crippen LogP contribution in [-0.4, -0.2) is 46.2 Å². The van der Waals surface area contributed by atoms with Crippen LogP contribution in [0.15, 0.2) is 42.5 Å². The molecular weight excluding hydrogens is 588 g/mol. The first-order chi connectivity index (χ1) is 19.2. The molecule has 0 aliphatic rings. The van der Waals surface area contributed by atoms with E-state index in [2.05, 4.69) is 15.3 Å². The van der Waals surface area contributed by atoms with Crippen LogP contribution < -0.4 is 15.8 Å². The second-order valence-corrected chi connectivity index (χ2v) is 10.6. The van der Waals surface area contributed by atoms with Gasteiger partial charge in [-0.05, 0) is 56.3 Å². The number of amides is 2. The van der Waals surface area contributed by atoms with Gasteiger partial charge in [0.2, 0.25) is 11.5 Å². The molecule has 0 unspecified atom stereocenters. The Morgan fingerprint density at radius 3 is 2.44 bits per heavy atom. The summed E-state index contributed by atoms with van der Waals surface area (Å²) in [6.07, 6.45) is -5.90. The van der Waals surface area contributed by atoms with Crippen LogP contribution >= 0.6 is 22.9 Å². The maximum absolute atomic E-state index is 14.5. The molecular formula is C27H23ClF4N4O4S. The number of hydrogen-bond acceptors (Lipinski definition) is 7. The van der Waals surface area contributed by atoms with Crippen molar-refractivity contribution in [3.63, 3.8) is 0 Å². The number of nitrogens with one attached hydrogen (secondary N) is 1. The number of carbonyl (C=O) groups excluding carboxylic acids is 2. The molecule has 2 aromatic heterocycles. The van der Waals surface area contributed by atoms with Gasteiger partial charge in [0, 0.05) is 16.7 Å². The number of fused-ring (bicyclic) bond motifs is 1. The maximum atomic E-state index is 14.5. The molecule has 0 aliphatic carbocycles. The second kappa shape index (κ2) is 11.6. The average molecular weight is 611 g/mol. The highest BCUT2D eigenvalue weighted by Crippen LogP contribution is 2.42. The minimum absolute atomic E-state index is 0.0447. The Morgan fingerprint density at radius 1 is 1.15 bits per heavy atom. The van der Waals surface area contributed by atoms with E-state index in [1.54, 1.807) is 13.8 Å². The molecule has 8 nitrogen and oxygen atoms in total. The van der Waals surface area contributed by atoms with Gasteiger partial charge in [-0.3, -0.25) is 9.59 Å². The number of rotatable bonds is 9. The third-order valence-corrected chi connectivity index (χ3v) is 7.24. The molecule has 14 heteroatoms. The molecule has 2 aromatic carbocycles. The van der Waals surface area contributed by atoms with Crippen LogP contribution in [0.3, 0.4) is 0 Å². The lowest BCUT2D eigenvalue weighted by Gasteiger charge is -2.31. The lowest BCUT2D eigenvalue weighted by Crippen LogP contribution is -2.51. The minimum atomic E-state index is -5.35. The second-order valence-electron chi connectivity index (χ2n) is 9.01. The molecule has 0 saturated heterocycles. The number of aromatic nitrogens is 2. The Kier molecular flexibility index (Phi) is 8.52. The normalized spacial score (nSPS) is 13.2. The molecule has 4 rings (SSSR count). The Hall–Kier alpha value is -3.81. The summed E-state index contributed by atoms with van der Waals surface area (Å²) in [7, 11) is 0. The van der Waals surface area contributed by atoms with E-state index in [0.717, 1.165) is 18.2 Å². The Balaban J connectivity index is 1.80. The maximum Gasteiger partial charge on any atom is 0.424 e. The summed E-state index contributed by atoms with van der Waals surface area (Å²) in [6, 6.07) is 8.19. The van der Waals surface area contributed by atoms with Crippen molar-refractivity contribution in [2.75, 3.05) is 13.2 Å². The lowest BCUT2D eigenvalue weighted by molar-refractivity contribution is -0.265. The van der Waals surface area contributed by atoms with Crippen molar-refractivity contribution in [1.82, 2.24) is 15.3 Å². The summed E-state index contributed by atoms with van der Waals surface area (Å²) in [6.45, 7) is 2.05. The number of pyridine rings is 1. The van der Waals surface area contributed by atoms with E-state index >= 15 is 0 Å². The number of nitrogens with two attached hydrogens (primary N) is 1. The van der Waals surface area contributed by atoms with E-state index in [1.807, 2.05) is 0 Å². The van der Waals surface area contributed by atoms with Gasteiger partial charge in [-0.15, -0.1) is 11.3 Å². The summed E-state index contributed by atoms with van der Waals surface area (Å²) < 4.78 is 63.3. The van der Waals surface area contributed by atoms with Crippen molar-refractivity contribution in [3.05, 3.63) is 75.1 Å². The zero-order valence-corrected chi connectivity index (χ0v) is 23.2. The molecule has 0 saturated carbocycles. The highest BCUT2D eigenvalue weighted by Gasteiger charge is 2.56. The fourth-order valence-corrected chi connectivity index (χ4v) is 5.31. The van der Waals surface area contributed by atoms with Gasteiger partial charge in [0.05, 0.1) is 40.0 Å². The topological polar surface area (TPSA) is 127 Å². The number of hydrogen-bond donors (Lipinski definition) is 3. The van der Waals surface area contributed by atoms with E-state index in [-0.39, 0.29) is 39.8 Å². The quantitative estimate of drug-likeness (QED) is 0.227. The molecule has 216 valence electrons. The summed E-state index contributed by atoms with van der Waals surface area (Å²) in [5, 5.41) is 14.0. The van der Waals surface area contributed by atoms with E-state index in [9.17, 15) is 32.3 Å². The Labute approximate surface area is 240 Å². The number of thiazole rings is 1. The van der Waals surface area contributed by atoms with Crippen LogP contribution in [0, 0.1) is 12.7 Å². The third-order valence-electron chi connectivity index (χ3n) is 6.04. The number of alkyl halides is 3. The predicted molar refractivity (Wildman–Crippen MR) is 145 cm³/mol. The third kappa shape index (κ3) is 6.26. The van der Waals surface area contributed by atoms with Crippen molar-refractivity contribution in [2.24, 2.45) is 5.73 Å². The molecule has 2 amide bonds. The predicted octanol–water partition coefficient (Wildman–Crippen LogP) is 5.07. The van der Waals surface area contributed by atoms with Gasteiger partial charge in [0.25, 0.3) is 5.91 Å². The lowest BCUT2D eigenvalue weighted by atomic mass is 9.93. The fourth-order valence-electron chi connectivity index (χ4n) is 4.10. The van der Waals surface area contributed by atoms with Gasteiger partial charge in [-0.2, -0.15) is 13.2 Å². The van der Waals surface area contributed by atoms with Crippen LogP contribution in [0.5, 0.6) is 5.75 Å². The first-order valence-electron chi connectivity index (χ1n) is 12.1. The van der Waals surface area contributed by atoms with Gasteiger partial charge < -0.3 is 20.9 Å². The molecule has 0 radical (unpaired) electrons. The molecule has 1 atom stereocenters. The first-order valence-corrected chi connectivity index (χ1v) is 13.3. The summed E-state index contributed by atoms with van der Waals surface area (Å²) >= 11 is 7.46. The zero-order chi connectivity index (χ0) is 30.1. The highest BCUT2D eigenvalue weighted by molar-refractivity contribution is 7.18. The van der Waals surface area contributed by atoms with E-state index in [4.69, 9.17) is 22.1 Å². The van der Waals surface area contributed by atoms with Crippen LogP contribution in [0.25, 0.3) is 21.5 Å². The van der Waals surface area contributed by atoms with Gasteiger partial charge in [0.15, 0.2) is 0 Å². The Bertz CT molecular complexity index is 1630. The van der Waals surface area contributed by atoms with Crippen molar-refractivity contribution < 1.29 is 37.0 Å². The number of aryl methyl sites for hydroxylation is 1. The molecule has 0 aliphatic heterocycles. The molecule has 4 N–H and O–H groups in total. The number of halogens is 5. The summed E-state index contributed by atoms with van der Waals surface area (Å²) in [5.74, 6) is -2.49. The van der Waals surface area contributed by atoms with E-state index < -0.39 is 48.1 Å². The molecule has 4 aromatic rings. The number of ether oxygens (including phenoxy) is 1. The van der Waals surface area contributed by atoms with Crippen LogP contribution in [0.4, 0.5) is 17.6 Å². The van der Waals surface area contributed by atoms with E-state index in [1.165, 1.54) is 35.6 Å². The monoisotopic (exact) mass is 610 g/mol. The fraction of sp³-hybridized carbons (Fsp3) is 0.259. The van der Waals surface area contributed by atoms with Gasteiger partial charge >= 0.3 is 6.18 Å². The van der Waals surface area contributed by atoms with Crippen LogP contribution in [0.2, 0.25) is 5.02 Å². The molecule has 0 fully saturated rings. The van der Waals surface area contributed by atoms with E-state index in [0.29, 0.717) is 15.2 Å². The zero-order valence-electron chi connectivity index (χ0n) is 21.6. The molecule has 0 bridgehead atoms. The number of primary amides is 1.